The van der Waals surface area contributed by atoms with Gasteiger partial charge in [-0.3, -0.25) is 0 Å². The second-order valence-electron chi connectivity index (χ2n) is 3.50. The number of aliphatic hydroxyl groups is 1. The number of aromatic carboxylic acids is 1. The molecule has 0 fully saturated rings. The van der Waals surface area contributed by atoms with E-state index in [0.717, 1.165) is 5.56 Å². The van der Waals surface area contributed by atoms with Crippen molar-refractivity contribution in [1.82, 2.24) is 0 Å². The fourth-order valence-electron chi connectivity index (χ4n) is 1.18. The summed E-state index contributed by atoms with van der Waals surface area (Å²) >= 11 is 0. The molecule has 3 N–H and O–H groups in total. The number of benzene rings is 2. The summed E-state index contributed by atoms with van der Waals surface area (Å²) in [5, 5.41) is 25.7. The van der Waals surface area contributed by atoms with E-state index in [9.17, 15) is 4.79 Å². The molecule has 4 nitrogen and oxygen atoms in total. The Kier molecular flexibility index (Phi) is 5.41. The number of aromatic hydroxyl groups is 1. The van der Waals surface area contributed by atoms with Gasteiger partial charge in [-0.05, 0) is 29.8 Å². The molecular formula is C14H14O4. The van der Waals surface area contributed by atoms with Gasteiger partial charge in [0.2, 0.25) is 0 Å². The van der Waals surface area contributed by atoms with Crippen molar-refractivity contribution >= 4 is 5.97 Å². The lowest BCUT2D eigenvalue weighted by Gasteiger charge is -1.93. The number of carboxylic acid groups (broad SMARTS) is 1. The Bertz CT molecular complexity index is 477. The van der Waals surface area contributed by atoms with Crippen molar-refractivity contribution in [1.29, 1.82) is 0 Å². The highest BCUT2D eigenvalue weighted by Crippen LogP contribution is 2.08. The number of hydrogen-bond acceptors (Lipinski definition) is 3. The average molecular weight is 246 g/mol. The van der Waals surface area contributed by atoms with E-state index < -0.39 is 5.97 Å². The van der Waals surface area contributed by atoms with Crippen LogP contribution in [-0.2, 0) is 6.61 Å². The summed E-state index contributed by atoms with van der Waals surface area (Å²) in [6.45, 7) is 0.0281. The summed E-state index contributed by atoms with van der Waals surface area (Å²) in [7, 11) is 0. The van der Waals surface area contributed by atoms with Gasteiger partial charge in [-0.1, -0.05) is 30.3 Å². The molecule has 2 aromatic rings. The largest absolute Gasteiger partial charge is 0.508 e. The van der Waals surface area contributed by atoms with E-state index >= 15 is 0 Å². The smallest absolute Gasteiger partial charge is 0.335 e. The number of aliphatic hydroxyl groups excluding tert-OH is 1. The maximum Gasteiger partial charge on any atom is 0.335 e. The predicted octanol–water partition coefficient (Wildman–Crippen LogP) is 2.27. The Morgan fingerprint density at radius 3 is 1.89 bits per heavy atom. The van der Waals surface area contributed by atoms with Crippen LogP contribution < -0.4 is 0 Å². The first-order valence-electron chi connectivity index (χ1n) is 5.30. The molecule has 0 aliphatic heterocycles. The van der Waals surface area contributed by atoms with E-state index in [1.54, 1.807) is 54.6 Å². The quantitative estimate of drug-likeness (QED) is 0.759. The van der Waals surface area contributed by atoms with Crippen molar-refractivity contribution in [3.8, 4) is 5.75 Å². The van der Waals surface area contributed by atoms with Crippen LogP contribution in [0.1, 0.15) is 15.9 Å². The number of carboxylic acids is 1. The van der Waals surface area contributed by atoms with Crippen LogP contribution in [0.5, 0.6) is 5.75 Å². The normalized spacial score (nSPS) is 9.17. The lowest BCUT2D eigenvalue weighted by molar-refractivity contribution is 0.0697. The highest BCUT2D eigenvalue weighted by molar-refractivity contribution is 5.87. The molecule has 0 spiro atoms. The molecule has 0 radical (unpaired) electrons. The number of phenolic OH excluding ortho intramolecular Hbond substituents is 1. The molecule has 0 bridgehead atoms. The molecule has 0 aliphatic carbocycles. The Balaban J connectivity index is 0.000000180. The zero-order valence-electron chi connectivity index (χ0n) is 9.65. The van der Waals surface area contributed by atoms with E-state index in [4.69, 9.17) is 15.3 Å². The first kappa shape index (κ1) is 13.7. The third kappa shape index (κ3) is 4.67. The number of carbonyl (C=O) groups is 1. The van der Waals surface area contributed by atoms with Crippen LogP contribution in [0.4, 0.5) is 0 Å². The second-order valence-corrected chi connectivity index (χ2v) is 3.50. The minimum Gasteiger partial charge on any atom is -0.508 e. The molecule has 0 saturated heterocycles. The van der Waals surface area contributed by atoms with Gasteiger partial charge in [-0.25, -0.2) is 4.79 Å². The molecule has 18 heavy (non-hydrogen) atoms. The lowest BCUT2D eigenvalue weighted by atomic mass is 10.2. The van der Waals surface area contributed by atoms with Crippen LogP contribution in [-0.4, -0.2) is 21.3 Å². The summed E-state index contributed by atoms with van der Waals surface area (Å²) in [6, 6.07) is 14.7. The Hall–Kier alpha value is -2.33. The van der Waals surface area contributed by atoms with Gasteiger partial charge in [0, 0.05) is 0 Å². The van der Waals surface area contributed by atoms with Gasteiger partial charge in [-0.15, -0.1) is 0 Å². The molecule has 0 unspecified atom stereocenters. The van der Waals surface area contributed by atoms with E-state index in [-0.39, 0.29) is 12.4 Å². The maximum absolute atomic E-state index is 10.2. The van der Waals surface area contributed by atoms with Crippen LogP contribution in [0.3, 0.4) is 0 Å². The summed E-state index contributed by atoms with van der Waals surface area (Å²) in [4.78, 5) is 10.2. The molecule has 0 amide bonds. The van der Waals surface area contributed by atoms with Crippen LogP contribution in [0.2, 0.25) is 0 Å². The number of hydrogen-bond donors (Lipinski definition) is 3. The molecule has 0 aliphatic rings. The fourth-order valence-corrected chi connectivity index (χ4v) is 1.18. The molecule has 4 heteroatoms. The first-order chi connectivity index (χ1) is 8.63. The topological polar surface area (TPSA) is 77.8 Å². The van der Waals surface area contributed by atoms with Gasteiger partial charge < -0.3 is 15.3 Å². The van der Waals surface area contributed by atoms with Crippen LogP contribution in [0.15, 0.2) is 54.6 Å². The molecular weight excluding hydrogens is 232 g/mol. The summed E-state index contributed by atoms with van der Waals surface area (Å²) in [6.07, 6.45) is 0. The minimum atomic E-state index is -0.879. The molecule has 2 rings (SSSR count). The molecule has 0 heterocycles. The number of phenols is 1. The van der Waals surface area contributed by atoms with Crippen molar-refractivity contribution in [2.24, 2.45) is 0 Å². The predicted molar refractivity (Wildman–Crippen MR) is 67.4 cm³/mol. The molecule has 2 aromatic carbocycles. The summed E-state index contributed by atoms with van der Waals surface area (Å²) < 4.78 is 0. The first-order valence-corrected chi connectivity index (χ1v) is 5.30. The number of rotatable bonds is 2. The molecule has 0 saturated carbocycles. The van der Waals surface area contributed by atoms with Gasteiger partial charge in [0.1, 0.15) is 5.75 Å². The van der Waals surface area contributed by atoms with E-state index in [2.05, 4.69) is 0 Å². The van der Waals surface area contributed by atoms with E-state index in [1.807, 2.05) is 0 Å². The van der Waals surface area contributed by atoms with Gasteiger partial charge in [0.05, 0.1) is 12.2 Å². The fraction of sp³-hybridized carbons (Fsp3) is 0.0714. The monoisotopic (exact) mass is 246 g/mol. The average Bonchev–Trinajstić information content (AvgIpc) is 2.41. The second kappa shape index (κ2) is 7.09. The SMILES string of the molecule is O=C(O)c1ccccc1.OCc1ccc(O)cc1. The lowest BCUT2D eigenvalue weighted by Crippen LogP contribution is -1.93. The summed E-state index contributed by atoms with van der Waals surface area (Å²) in [5.41, 5.74) is 1.14. The maximum atomic E-state index is 10.2. The van der Waals surface area contributed by atoms with Gasteiger partial charge in [0.25, 0.3) is 0 Å². The van der Waals surface area contributed by atoms with Crippen molar-refractivity contribution in [2.75, 3.05) is 0 Å². The Labute approximate surface area is 105 Å². The highest BCUT2D eigenvalue weighted by atomic mass is 16.4. The molecule has 0 atom stereocenters. The van der Waals surface area contributed by atoms with Gasteiger partial charge in [-0.2, -0.15) is 0 Å². The van der Waals surface area contributed by atoms with E-state index in [1.165, 1.54) is 0 Å². The van der Waals surface area contributed by atoms with Crippen molar-refractivity contribution in [3.05, 3.63) is 65.7 Å². The minimum absolute atomic E-state index is 0.0281. The van der Waals surface area contributed by atoms with Crippen LogP contribution in [0.25, 0.3) is 0 Å². The van der Waals surface area contributed by atoms with Crippen molar-refractivity contribution in [2.45, 2.75) is 6.61 Å². The highest BCUT2D eigenvalue weighted by Gasteiger charge is 1.96. The van der Waals surface area contributed by atoms with Crippen LogP contribution >= 0.6 is 0 Å². The zero-order valence-corrected chi connectivity index (χ0v) is 9.65. The van der Waals surface area contributed by atoms with Gasteiger partial charge in [0.15, 0.2) is 0 Å². The third-order valence-electron chi connectivity index (χ3n) is 2.14. The van der Waals surface area contributed by atoms with Crippen LogP contribution in [0, 0.1) is 0 Å². The van der Waals surface area contributed by atoms with Crippen molar-refractivity contribution < 1.29 is 20.1 Å². The van der Waals surface area contributed by atoms with E-state index in [0.29, 0.717) is 5.56 Å². The Morgan fingerprint density at radius 2 is 1.50 bits per heavy atom. The molecule has 0 aromatic heterocycles. The van der Waals surface area contributed by atoms with Crippen molar-refractivity contribution in [3.63, 3.8) is 0 Å². The molecule has 94 valence electrons. The Morgan fingerprint density at radius 1 is 0.944 bits per heavy atom. The third-order valence-corrected chi connectivity index (χ3v) is 2.14. The summed E-state index contributed by atoms with van der Waals surface area (Å²) in [5.74, 6) is -0.650. The standard InChI is InChI=1S/C7H8O2.C7H6O2/c8-5-6-1-3-7(9)4-2-6;8-7(9)6-4-2-1-3-5-6/h1-4,8-9H,5H2;1-5H,(H,8,9). The van der Waals surface area contributed by atoms with Gasteiger partial charge >= 0.3 is 5.97 Å². The zero-order chi connectivity index (χ0) is 13.4.